The molecular formula is C6H10FeNO8. The molecule has 0 aliphatic rings. The van der Waals surface area contributed by atoms with Gasteiger partial charge in [0.1, 0.15) is 5.60 Å². The number of carboxylic acids is 3. The summed E-state index contributed by atoms with van der Waals surface area (Å²) in [5.74, 6) is -5.98. The number of carboxylic acid groups (broad SMARTS) is 3. The van der Waals surface area contributed by atoms with E-state index in [9.17, 15) is 29.7 Å². The van der Waals surface area contributed by atoms with Gasteiger partial charge in [-0.05, 0) is 0 Å². The molecule has 6 N–H and O–H groups in total. The Kier molecular flexibility index (Phi) is 13.7. The first kappa shape index (κ1) is 24.2. The van der Waals surface area contributed by atoms with Crippen molar-refractivity contribution < 1.29 is 57.4 Å². The molecule has 0 aromatic carbocycles. The van der Waals surface area contributed by atoms with Gasteiger partial charge in [-0.3, -0.25) is 0 Å². The molecule has 0 bridgehead atoms. The van der Waals surface area contributed by atoms with E-state index in [0.717, 1.165) is 0 Å². The number of rotatable bonds is 5. The quantitative estimate of drug-likeness (QED) is 0.462. The number of carbonyl (C=O) groups excluding carboxylic acids is 3. The largest absolute Gasteiger partial charge is 3.00 e. The molecule has 16 heavy (non-hydrogen) atoms. The molecular weight excluding hydrogens is 270 g/mol. The maximum absolute atomic E-state index is 10.1. The van der Waals surface area contributed by atoms with Crippen molar-refractivity contribution in [3.8, 4) is 0 Å². The van der Waals surface area contributed by atoms with E-state index in [1.165, 1.54) is 0 Å². The van der Waals surface area contributed by atoms with E-state index in [1.807, 2.05) is 0 Å². The second kappa shape index (κ2) is 9.07. The van der Waals surface area contributed by atoms with E-state index in [2.05, 4.69) is 0 Å². The molecule has 0 amide bonds. The smallest absolute Gasteiger partial charge is 0.550 e. The van der Waals surface area contributed by atoms with Gasteiger partial charge in [0, 0.05) is 24.8 Å². The fraction of sp³-hybridized carbons (Fsp3) is 0.500. The number of hydrogen-bond acceptors (Lipinski definition) is 8. The zero-order chi connectivity index (χ0) is 10.6. The van der Waals surface area contributed by atoms with Crippen LogP contribution in [0.1, 0.15) is 12.8 Å². The fourth-order valence-electron chi connectivity index (χ4n) is 0.684. The van der Waals surface area contributed by atoms with Crippen molar-refractivity contribution >= 4 is 17.9 Å². The molecule has 9 nitrogen and oxygen atoms in total. The van der Waals surface area contributed by atoms with Gasteiger partial charge in [-0.2, -0.15) is 0 Å². The summed E-state index contributed by atoms with van der Waals surface area (Å²) in [5, 5.41) is 38.9. The molecule has 0 atom stereocenters. The van der Waals surface area contributed by atoms with Crippen LogP contribution in [0.4, 0.5) is 0 Å². The zero-order valence-electron chi connectivity index (χ0n) is 7.87. The summed E-state index contributed by atoms with van der Waals surface area (Å²) in [6, 6.07) is 0. The Labute approximate surface area is 100 Å². The summed E-state index contributed by atoms with van der Waals surface area (Å²) in [6.45, 7) is 0. The second-order valence-corrected chi connectivity index (χ2v) is 2.42. The van der Waals surface area contributed by atoms with Crippen LogP contribution < -0.4 is 21.5 Å². The molecule has 0 heterocycles. The third kappa shape index (κ3) is 8.15. The molecule has 0 aromatic rings. The first-order valence-corrected chi connectivity index (χ1v) is 3.11. The number of carbonyl (C=O) groups is 3. The van der Waals surface area contributed by atoms with Gasteiger partial charge in [0.2, 0.25) is 0 Å². The maximum Gasteiger partial charge on any atom is 3.00 e. The first-order valence-electron chi connectivity index (χ1n) is 3.11. The summed E-state index contributed by atoms with van der Waals surface area (Å²) in [4.78, 5) is 30.0. The van der Waals surface area contributed by atoms with Gasteiger partial charge >= 0.3 is 17.1 Å². The van der Waals surface area contributed by atoms with E-state index in [0.29, 0.717) is 0 Å². The van der Waals surface area contributed by atoms with Crippen LogP contribution in [0, 0.1) is 0 Å². The third-order valence-corrected chi connectivity index (χ3v) is 1.25. The SMILES string of the molecule is N.O.O=C([O-])CC(O)(CC(=O)[O-])C(=O)[O-].[Fe+3]. The van der Waals surface area contributed by atoms with E-state index in [1.54, 1.807) is 0 Å². The summed E-state index contributed by atoms with van der Waals surface area (Å²) < 4.78 is 0. The Morgan fingerprint density at radius 2 is 1.25 bits per heavy atom. The molecule has 0 aromatic heterocycles. The van der Waals surface area contributed by atoms with Crippen molar-refractivity contribution in [2.75, 3.05) is 0 Å². The molecule has 0 rings (SSSR count). The van der Waals surface area contributed by atoms with E-state index >= 15 is 0 Å². The fourth-order valence-corrected chi connectivity index (χ4v) is 0.684. The van der Waals surface area contributed by atoms with Crippen molar-refractivity contribution in [3.05, 3.63) is 0 Å². The van der Waals surface area contributed by atoms with Crippen LogP contribution in [0.3, 0.4) is 0 Å². The first-order chi connectivity index (χ1) is 5.78. The molecule has 10 heteroatoms. The minimum absolute atomic E-state index is 0. The average Bonchev–Trinajstić information content (AvgIpc) is 1.82. The standard InChI is InChI=1S/C6H8O7.Fe.H3N.H2O/c7-3(8)1-6(13,5(11)12)2-4(9)10;;;/h13H,1-2H2,(H,7,8)(H,9,10)(H,11,12);;1H3;1H2/q;+3;;/p-3. The Bertz CT molecular complexity index is 239. The average molecular weight is 280 g/mol. The molecule has 0 spiro atoms. The van der Waals surface area contributed by atoms with Crippen molar-refractivity contribution in [2.24, 2.45) is 0 Å². The van der Waals surface area contributed by atoms with Gasteiger partial charge in [0.15, 0.2) is 0 Å². The van der Waals surface area contributed by atoms with Crippen LogP contribution in [0.15, 0.2) is 0 Å². The molecule has 95 valence electrons. The molecule has 1 radical (unpaired) electrons. The Morgan fingerprint density at radius 3 is 1.38 bits per heavy atom. The van der Waals surface area contributed by atoms with Crippen LogP contribution in [0.25, 0.3) is 0 Å². The van der Waals surface area contributed by atoms with E-state index in [4.69, 9.17) is 5.11 Å². The van der Waals surface area contributed by atoms with Crippen molar-refractivity contribution in [3.63, 3.8) is 0 Å². The monoisotopic (exact) mass is 280 g/mol. The zero-order valence-corrected chi connectivity index (χ0v) is 8.98. The van der Waals surface area contributed by atoms with Crippen molar-refractivity contribution in [2.45, 2.75) is 18.4 Å². The van der Waals surface area contributed by atoms with Crippen LogP contribution in [-0.2, 0) is 31.5 Å². The normalized spacial score (nSPS) is 8.81. The molecule has 0 aliphatic carbocycles. The Morgan fingerprint density at radius 1 is 1.00 bits per heavy atom. The minimum atomic E-state index is -2.97. The van der Waals surface area contributed by atoms with Crippen LogP contribution >= 0.6 is 0 Å². The van der Waals surface area contributed by atoms with Crippen LogP contribution in [-0.4, -0.2) is 34.1 Å². The number of aliphatic hydroxyl groups is 1. The summed E-state index contributed by atoms with van der Waals surface area (Å²) in [5.41, 5.74) is -2.97. The molecule has 0 aliphatic heterocycles. The van der Waals surface area contributed by atoms with E-state index < -0.39 is 36.4 Å². The second-order valence-electron chi connectivity index (χ2n) is 2.42. The third-order valence-electron chi connectivity index (χ3n) is 1.25. The minimum Gasteiger partial charge on any atom is -0.550 e. The van der Waals surface area contributed by atoms with Gasteiger partial charge in [0.25, 0.3) is 0 Å². The van der Waals surface area contributed by atoms with Gasteiger partial charge in [-0.15, -0.1) is 0 Å². The Balaban J connectivity index is -0.000000240. The maximum atomic E-state index is 10.1. The van der Waals surface area contributed by atoms with Gasteiger partial charge in [0.05, 0.1) is 5.97 Å². The number of hydrogen-bond donors (Lipinski definition) is 2. The molecule has 0 saturated carbocycles. The van der Waals surface area contributed by atoms with Crippen LogP contribution in [0.5, 0.6) is 0 Å². The summed E-state index contributed by atoms with van der Waals surface area (Å²) in [7, 11) is 0. The van der Waals surface area contributed by atoms with Crippen molar-refractivity contribution in [1.29, 1.82) is 0 Å². The molecule has 0 unspecified atom stereocenters. The predicted octanol–water partition coefficient (Wildman–Crippen LogP) is -5.92. The number of aliphatic carboxylic acids is 3. The predicted molar refractivity (Wildman–Crippen MR) is 37.8 cm³/mol. The summed E-state index contributed by atoms with van der Waals surface area (Å²) in [6.07, 6.45) is -2.72. The topological polar surface area (TPSA) is 207 Å². The van der Waals surface area contributed by atoms with Gasteiger partial charge in [-0.1, -0.05) is 0 Å². The summed E-state index contributed by atoms with van der Waals surface area (Å²) >= 11 is 0. The van der Waals surface area contributed by atoms with Gasteiger partial charge in [-0.25, -0.2) is 0 Å². The molecule has 0 fully saturated rings. The van der Waals surface area contributed by atoms with Crippen molar-refractivity contribution in [1.82, 2.24) is 6.15 Å². The van der Waals surface area contributed by atoms with Crippen LogP contribution in [0.2, 0.25) is 0 Å². The Hall–Kier alpha value is -1.19. The molecule has 0 saturated heterocycles. The van der Waals surface area contributed by atoms with Gasteiger partial charge < -0.3 is 46.4 Å². The van der Waals surface area contributed by atoms with E-state index in [-0.39, 0.29) is 28.7 Å².